The summed E-state index contributed by atoms with van der Waals surface area (Å²) in [6.07, 6.45) is 8.06. The third-order valence-electron chi connectivity index (χ3n) is 6.92. The first-order valence-corrected chi connectivity index (χ1v) is 15.2. The summed E-state index contributed by atoms with van der Waals surface area (Å²) in [5.74, 6) is 1.91. The molecule has 0 saturated carbocycles. The lowest BCUT2D eigenvalue weighted by atomic mass is 10.1. The van der Waals surface area contributed by atoms with Crippen LogP contribution in [0.2, 0.25) is 0 Å². The third-order valence-corrected chi connectivity index (χ3v) is 7.34. The largest absolute Gasteiger partial charge is 0.477 e. The predicted octanol–water partition coefficient (Wildman–Crippen LogP) is 7.97. The second-order valence-corrected chi connectivity index (χ2v) is 10.6. The first-order chi connectivity index (χ1) is 21.1. The van der Waals surface area contributed by atoms with Gasteiger partial charge in [0.25, 0.3) is 0 Å². The van der Waals surface area contributed by atoms with E-state index < -0.39 is 0 Å². The fourth-order valence-electron chi connectivity index (χ4n) is 4.69. The zero-order valence-corrected chi connectivity index (χ0v) is 25.1. The molecule has 0 spiro atoms. The van der Waals surface area contributed by atoms with Crippen LogP contribution in [0.5, 0.6) is 17.4 Å². The lowest BCUT2D eigenvalue weighted by Gasteiger charge is -2.28. The van der Waals surface area contributed by atoms with Crippen molar-refractivity contribution in [2.75, 3.05) is 22.5 Å². The summed E-state index contributed by atoms with van der Waals surface area (Å²) in [6, 6.07) is 32.0. The number of pyridine rings is 2. The molecule has 8 heteroatoms. The number of nitriles is 1. The van der Waals surface area contributed by atoms with Crippen LogP contribution >= 0.6 is 11.9 Å². The topological polar surface area (TPSA) is 83.3 Å². The van der Waals surface area contributed by atoms with Gasteiger partial charge in [0, 0.05) is 61.8 Å². The molecule has 5 rings (SSSR count). The molecule has 43 heavy (non-hydrogen) atoms. The maximum atomic E-state index is 9.21. The summed E-state index contributed by atoms with van der Waals surface area (Å²) >= 11 is 1.58. The number of aromatic nitrogens is 2. The van der Waals surface area contributed by atoms with E-state index >= 15 is 0 Å². The number of hydrogen-bond acceptors (Lipinski definition) is 8. The molecular weight excluding hydrogens is 554 g/mol. The van der Waals surface area contributed by atoms with Crippen molar-refractivity contribution in [2.45, 2.75) is 26.4 Å². The molecule has 7 nitrogen and oxygen atoms in total. The number of hydrogen-bond donors (Lipinski definition) is 1. The quantitative estimate of drug-likeness (QED) is 0.139. The van der Waals surface area contributed by atoms with Gasteiger partial charge in [-0.15, -0.1) is 0 Å². The monoisotopic (exact) mass is 587 g/mol. The van der Waals surface area contributed by atoms with Crippen molar-refractivity contribution in [3.8, 4) is 23.4 Å². The first-order valence-electron chi connectivity index (χ1n) is 14.0. The minimum atomic E-state index is 0.505. The van der Waals surface area contributed by atoms with Crippen molar-refractivity contribution in [3.63, 3.8) is 0 Å². The Hall–Kier alpha value is -5.00. The molecule has 0 aliphatic rings. The second-order valence-electron chi connectivity index (χ2n) is 9.96. The molecule has 0 fully saturated rings. The van der Waals surface area contributed by atoms with Crippen molar-refractivity contribution < 1.29 is 9.47 Å². The number of nitrogens with zero attached hydrogens (tertiary/aromatic N) is 4. The molecule has 5 aromatic rings. The number of nitrogens with one attached hydrogen (secondary N) is 1. The van der Waals surface area contributed by atoms with Gasteiger partial charge in [0.1, 0.15) is 11.5 Å². The van der Waals surface area contributed by atoms with Gasteiger partial charge in [-0.1, -0.05) is 48.3 Å². The lowest BCUT2D eigenvalue weighted by Crippen LogP contribution is -2.23. The second kappa shape index (κ2) is 14.8. The van der Waals surface area contributed by atoms with Crippen LogP contribution in [0.1, 0.15) is 27.8 Å². The highest BCUT2D eigenvalue weighted by Crippen LogP contribution is 2.31. The Morgan fingerprint density at radius 1 is 0.860 bits per heavy atom. The van der Waals surface area contributed by atoms with E-state index in [1.165, 1.54) is 5.56 Å². The van der Waals surface area contributed by atoms with Crippen molar-refractivity contribution in [1.82, 2.24) is 9.97 Å². The minimum Gasteiger partial charge on any atom is -0.477 e. The molecule has 0 unspecified atom stereocenters. The zero-order valence-electron chi connectivity index (χ0n) is 24.2. The Morgan fingerprint density at radius 3 is 2.33 bits per heavy atom. The summed E-state index contributed by atoms with van der Waals surface area (Å²) in [6.45, 7) is 4.05. The molecule has 2 aromatic heterocycles. The van der Waals surface area contributed by atoms with E-state index in [4.69, 9.17) is 9.47 Å². The van der Waals surface area contributed by atoms with Gasteiger partial charge in [-0.3, -0.25) is 4.98 Å². The SMILES string of the molecule is CSNc1cccc(N(Cc2ccc(C#N)cc2)Cc2ccc(Oc3ccnc(OCCc4cccnc4)c3)cc2)c1C. The van der Waals surface area contributed by atoms with Crippen molar-refractivity contribution in [2.24, 2.45) is 0 Å². The molecule has 0 aliphatic heterocycles. The highest BCUT2D eigenvalue weighted by atomic mass is 32.2. The van der Waals surface area contributed by atoms with Gasteiger partial charge in [-0.2, -0.15) is 5.26 Å². The average Bonchev–Trinajstić information content (AvgIpc) is 3.04. The van der Waals surface area contributed by atoms with Gasteiger partial charge in [0.15, 0.2) is 0 Å². The fourth-order valence-corrected chi connectivity index (χ4v) is 5.13. The lowest BCUT2D eigenvalue weighted by molar-refractivity contribution is 0.307. The van der Waals surface area contributed by atoms with E-state index in [1.807, 2.05) is 67.0 Å². The number of anilines is 2. The molecule has 0 atom stereocenters. The van der Waals surface area contributed by atoms with Gasteiger partial charge in [-0.25, -0.2) is 4.98 Å². The summed E-state index contributed by atoms with van der Waals surface area (Å²) in [7, 11) is 0. The Labute approximate surface area is 257 Å². The van der Waals surface area contributed by atoms with Crippen LogP contribution < -0.4 is 19.1 Å². The van der Waals surface area contributed by atoms with Gasteiger partial charge in [-0.05, 0) is 77.7 Å². The molecule has 0 radical (unpaired) electrons. The molecule has 0 bridgehead atoms. The summed E-state index contributed by atoms with van der Waals surface area (Å²) in [4.78, 5) is 10.8. The average molecular weight is 588 g/mol. The van der Waals surface area contributed by atoms with E-state index in [1.54, 1.807) is 30.4 Å². The third kappa shape index (κ3) is 8.28. The zero-order chi connectivity index (χ0) is 29.9. The summed E-state index contributed by atoms with van der Waals surface area (Å²) in [5.41, 5.74) is 7.49. The molecule has 0 saturated heterocycles. The van der Waals surface area contributed by atoms with E-state index in [0.29, 0.717) is 36.9 Å². The highest BCUT2D eigenvalue weighted by Gasteiger charge is 2.14. The smallest absolute Gasteiger partial charge is 0.216 e. The number of benzene rings is 3. The minimum absolute atomic E-state index is 0.505. The van der Waals surface area contributed by atoms with Gasteiger partial charge >= 0.3 is 0 Å². The van der Waals surface area contributed by atoms with Gasteiger partial charge < -0.3 is 19.1 Å². The molecule has 3 aromatic carbocycles. The Morgan fingerprint density at radius 2 is 1.63 bits per heavy atom. The van der Waals surface area contributed by atoms with E-state index in [0.717, 1.165) is 40.2 Å². The van der Waals surface area contributed by atoms with E-state index in [2.05, 4.69) is 62.9 Å². The van der Waals surface area contributed by atoms with Crippen LogP contribution in [0.15, 0.2) is 110 Å². The highest BCUT2D eigenvalue weighted by molar-refractivity contribution is 7.99. The van der Waals surface area contributed by atoms with Crippen LogP contribution in [-0.4, -0.2) is 22.8 Å². The molecule has 216 valence electrons. The van der Waals surface area contributed by atoms with Crippen LogP contribution in [0.3, 0.4) is 0 Å². The fraction of sp³-hybridized carbons (Fsp3) is 0.171. The van der Waals surface area contributed by atoms with Crippen LogP contribution in [0.4, 0.5) is 11.4 Å². The first kappa shape index (κ1) is 29.5. The maximum absolute atomic E-state index is 9.21. The normalized spacial score (nSPS) is 10.5. The van der Waals surface area contributed by atoms with Crippen molar-refractivity contribution in [3.05, 3.63) is 137 Å². The number of rotatable bonds is 13. The van der Waals surface area contributed by atoms with Crippen LogP contribution in [0.25, 0.3) is 0 Å². The molecule has 0 aliphatic carbocycles. The van der Waals surface area contributed by atoms with E-state index in [-0.39, 0.29) is 0 Å². The van der Waals surface area contributed by atoms with Crippen molar-refractivity contribution >= 4 is 23.3 Å². The number of ether oxygens (including phenoxy) is 2. The van der Waals surface area contributed by atoms with E-state index in [9.17, 15) is 5.26 Å². The van der Waals surface area contributed by atoms with Crippen LogP contribution in [-0.2, 0) is 19.5 Å². The van der Waals surface area contributed by atoms with Crippen molar-refractivity contribution in [1.29, 1.82) is 5.26 Å². The molecule has 1 N–H and O–H groups in total. The molecule has 2 heterocycles. The Kier molecular flexibility index (Phi) is 10.1. The Balaban J connectivity index is 1.27. The van der Waals surface area contributed by atoms with Gasteiger partial charge in [0.2, 0.25) is 5.88 Å². The van der Waals surface area contributed by atoms with Gasteiger partial charge in [0.05, 0.1) is 18.2 Å². The molecule has 0 amide bonds. The van der Waals surface area contributed by atoms with Crippen LogP contribution in [0, 0.1) is 18.3 Å². The standard InChI is InChI=1S/C35H33N5O2S/c1-26-33(39-43-2)6-3-7-34(26)40(24-29-10-8-27(22-36)9-11-29)25-30-12-14-31(15-13-30)42-32-16-19-38-35(21-32)41-20-17-28-5-4-18-37-23-28/h3-16,18-19,21,23,39H,17,20,24-25H2,1-2H3. The predicted molar refractivity (Wildman–Crippen MR) is 174 cm³/mol. The summed E-state index contributed by atoms with van der Waals surface area (Å²) in [5, 5.41) is 9.21. The molecular formula is C35H33N5O2S. The summed E-state index contributed by atoms with van der Waals surface area (Å²) < 4.78 is 15.4. The Bertz CT molecular complexity index is 1660. The maximum Gasteiger partial charge on any atom is 0.216 e.